The van der Waals surface area contributed by atoms with E-state index in [1.807, 2.05) is 65.4 Å². The van der Waals surface area contributed by atoms with Gasteiger partial charge in [-0.05, 0) is 41.8 Å². The van der Waals surface area contributed by atoms with Crippen molar-refractivity contribution in [2.45, 2.75) is 19.4 Å². The number of aryl methyl sites for hydroxylation is 1. The Balaban J connectivity index is 1.46. The number of fused-ring (bicyclic) bond motifs is 1. The summed E-state index contributed by atoms with van der Waals surface area (Å²) in [5.74, 6) is 1.35. The minimum atomic E-state index is -0.138. The molecule has 0 fully saturated rings. The quantitative estimate of drug-likeness (QED) is 0.701. The summed E-state index contributed by atoms with van der Waals surface area (Å²) in [5.41, 5.74) is 2.86. The molecule has 2 heterocycles. The van der Waals surface area contributed by atoms with Crippen LogP contribution in [-0.2, 0) is 17.8 Å². The van der Waals surface area contributed by atoms with Crippen LogP contribution < -0.4 is 15.0 Å². The SMILES string of the molecule is O=C(CCc1ccc2c(c1)OCO2)N=c1ccccn1Cc1ccccc1. The molecule has 0 N–H and O–H groups in total. The molecule has 0 saturated heterocycles. The van der Waals surface area contributed by atoms with Gasteiger partial charge in [-0.15, -0.1) is 0 Å². The summed E-state index contributed by atoms with van der Waals surface area (Å²) in [4.78, 5) is 16.7. The van der Waals surface area contributed by atoms with Crippen LogP contribution in [0.1, 0.15) is 17.5 Å². The molecule has 1 aliphatic heterocycles. The maximum Gasteiger partial charge on any atom is 0.247 e. The fourth-order valence-corrected chi connectivity index (χ4v) is 3.01. The van der Waals surface area contributed by atoms with E-state index >= 15 is 0 Å². The van der Waals surface area contributed by atoms with Crippen molar-refractivity contribution in [3.8, 4) is 11.5 Å². The van der Waals surface area contributed by atoms with Gasteiger partial charge < -0.3 is 14.0 Å². The number of hydrogen-bond acceptors (Lipinski definition) is 3. The zero-order chi connectivity index (χ0) is 18.5. The van der Waals surface area contributed by atoms with Crippen molar-refractivity contribution in [1.29, 1.82) is 0 Å². The van der Waals surface area contributed by atoms with E-state index < -0.39 is 0 Å². The van der Waals surface area contributed by atoms with Crippen molar-refractivity contribution in [3.05, 3.63) is 89.5 Å². The Morgan fingerprint density at radius 1 is 0.926 bits per heavy atom. The molecular formula is C22H20N2O3. The van der Waals surface area contributed by atoms with E-state index in [-0.39, 0.29) is 12.7 Å². The number of pyridine rings is 1. The van der Waals surface area contributed by atoms with Crippen LogP contribution in [0.15, 0.2) is 77.9 Å². The summed E-state index contributed by atoms with van der Waals surface area (Å²) in [6, 6.07) is 21.6. The van der Waals surface area contributed by atoms with Gasteiger partial charge in [0.2, 0.25) is 12.7 Å². The summed E-state index contributed by atoms with van der Waals surface area (Å²) in [6.45, 7) is 0.929. The molecule has 0 spiro atoms. The molecule has 3 aromatic rings. The second kappa shape index (κ2) is 7.91. The number of hydrogen-bond donors (Lipinski definition) is 0. The third kappa shape index (κ3) is 4.26. The predicted molar refractivity (Wildman–Crippen MR) is 101 cm³/mol. The molecule has 5 nitrogen and oxygen atoms in total. The standard InChI is InChI=1S/C22H20N2O3/c25-22(12-10-17-9-11-19-20(14-17)27-16-26-19)23-21-8-4-5-13-24(21)15-18-6-2-1-3-7-18/h1-9,11,13-14H,10,12,15-16H2. The van der Waals surface area contributed by atoms with Crippen LogP contribution in [0.3, 0.4) is 0 Å². The highest BCUT2D eigenvalue weighted by atomic mass is 16.7. The molecule has 27 heavy (non-hydrogen) atoms. The van der Waals surface area contributed by atoms with Crippen molar-refractivity contribution >= 4 is 5.91 Å². The molecule has 0 radical (unpaired) electrons. The number of ether oxygens (including phenoxy) is 2. The lowest BCUT2D eigenvalue weighted by atomic mass is 10.1. The Bertz CT molecular complexity index is 1010. The van der Waals surface area contributed by atoms with Gasteiger partial charge in [-0.25, -0.2) is 0 Å². The molecule has 0 atom stereocenters. The first-order valence-corrected chi connectivity index (χ1v) is 8.93. The summed E-state index contributed by atoms with van der Waals surface area (Å²) < 4.78 is 12.7. The van der Waals surface area contributed by atoms with Gasteiger partial charge in [0.15, 0.2) is 11.5 Å². The number of aromatic nitrogens is 1. The monoisotopic (exact) mass is 360 g/mol. The molecule has 0 bridgehead atoms. The van der Waals surface area contributed by atoms with Crippen LogP contribution in [-0.4, -0.2) is 17.3 Å². The van der Waals surface area contributed by atoms with E-state index in [0.29, 0.717) is 24.9 Å². The second-order valence-corrected chi connectivity index (χ2v) is 6.37. The third-order valence-electron chi connectivity index (χ3n) is 4.42. The highest BCUT2D eigenvalue weighted by Gasteiger charge is 2.13. The first-order chi connectivity index (χ1) is 13.3. The first-order valence-electron chi connectivity index (χ1n) is 8.93. The normalized spacial score (nSPS) is 13.0. The van der Waals surface area contributed by atoms with E-state index in [1.54, 1.807) is 0 Å². The maximum absolute atomic E-state index is 12.4. The van der Waals surface area contributed by atoms with E-state index in [0.717, 1.165) is 22.6 Å². The number of rotatable bonds is 5. The summed E-state index contributed by atoms with van der Waals surface area (Å²) in [5, 5.41) is 0. The van der Waals surface area contributed by atoms with E-state index in [4.69, 9.17) is 9.47 Å². The maximum atomic E-state index is 12.4. The topological polar surface area (TPSA) is 52.8 Å². The number of nitrogens with zero attached hydrogens (tertiary/aromatic N) is 2. The van der Waals surface area contributed by atoms with Crippen molar-refractivity contribution in [2.24, 2.45) is 4.99 Å². The van der Waals surface area contributed by atoms with Crippen LogP contribution in [0.5, 0.6) is 11.5 Å². The van der Waals surface area contributed by atoms with Crippen LogP contribution in [0, 0.1) is 0 Å². The minimum absolute atomic E-state index is 0.138. The second-order valence-electron chi connectivity index (χ2n) is 6.37. The third-order valence-corrected chi connectivity index (χ3v) is 4.42. The van der Waals surface area contributed by atoms with Crippen molar-refractivity contribution in [3.63, 3.8) is 0 Å². The van der Waals surface area contributed by atoms with Gasteiger partial charge in [-0.2, -0.15) is 4.99 Å². The van der Waals surface area contributed by atoms with Crippen molar-refractivity contribution < 1.29 is 14.3 Å². The Morgan fingerprint density at radius 3 is 2.63 bits per heavy atom. The number of amides is 1. The van der Waals surface area contributed by atoms with E-state index in [1.165, 1.54) is 0 Å². The predicted octanol–water partition coefficient (Wildman–Crippen LogP) is 3.33. The molecule has 0 saturated carbocycles. The molecule has 1 aromatic heterocycles. The molecule has 136 valence electrons. The average Bonchev–Trinajstić information content (AvgIpc) is 3.17. The van der Waals surface area contributed by atoms with Crippen LogP contribution in [0.25, 0.3) is 0 Å². The van der Waals surface area contributed by atoms with E-state index in [9.17, 15) is 4.79 Å². The van der Waals surface area contributed by atoms with Gasteiger partial charge in [-0.1, -0.05) is 42.5 Å². The molecule has 5 heteroatoms. The summed E-state index contributed by atoms with van der Waals surface area (Å²) in [6.07, 6.45) is 2.90. The van der Waals surface area contributed by atoms with E-state index in [2.05, 4.69) is 17.1 Å². The highest BCUT2D eigenvalue weighted by Crippen LogP contribution is 2.32. The molecule has 0 aliphatic carbocycles. The Hall–Kier alpha value is -3.34. The number of carbonyl (C=O) groups is 1. The lowest BCUT2D eigenvalue weighted by Gasteiger charge is -2.07. The number of carbonyl (C=O) groups excluding carboxylic acids is 1. The highest BCUT2D eigenvalue weighted by molar-refractivity contribution is 5.77. The fraction of sp³-hybridized carbons (Fsp3) is 0.182. The molecule has 1 aliphatic rings. The zero-order valence-electron chi connectivity index (χ0n) is 14.9. The molecule has 1 amide bonds. The lowest BCUT2D eigenvalue weighted by Crippen LogP contribution is -2.22. The summed E-state index contributed by atoms with van der Waals surface area (Å²) >= 11 is 0. The van der Waals surface area contributed by atoms with Gasteiger partial charge in [0.05, 0.1) is 0 Å². The summed E-state index contributed by atoms with van der Waals surface area (Å²) in [7, 11) is 0. The smallest absolute Gasteiger partial charge is 0.247 e. The molecular weight excluding hydrogens is 340 g/mol. The van der Waals surface area contributed by atoms with Gasteiger partial charge in [0.1, 0.15) is 5.49 Å². The zero-order valence-corrected chi connectivity index (χ0v) is 14.9. The molecule has 2 aromatic carbocycles. The Labute approximate surface area is 157 Å². The Morgan fingerprint density at radius 2 is 1.74 bits per heavy atom. The van der Waals surface area contributed by atoms with Crippen LogP contribution in [0.4, 0.5) is 0 Å². The minimum Gasteiger partial charge on any atom is -0.454 e. The Kier molecular flexibility index (Phi) is 5.01. The van der Waals surface area contributed by atoms with Crippen LogP contribution >= 0.6 is 0 Å². The van der Waals surface area contributed by atoms with Crippen molar-refractivity contribution in [1.82, 2.24) is 4.57 Å². The first kappa shape index (κ1) is 17.1. The van der Waals surface area contributed by atoms with Gasteiger partial charge in [-0.3, -0.25) is 4.79 Å². The lowest BCUT2D eigenvalue weighted by molar-refractivity contribution is -0.118. The fourth-order valence-electron chi connectivity index (χ4n) is 3.01. The average molecular weight is 360 g/mol. The van der Waals surface area contributed by atoms with Gasteiger partial charge in [0.25, 0.3) is 0 Å². The van der Waals surface area contributed by atoms with Gasteiger partial charge in [0, 0.05) is 19.2 Å². The molecule has 4 rings (SSSR count). The number of benzene rings is 2. The van der Waals surface area contributed by atoms with Gasteiger partial charge >= 0.3 is 0 Å². The largest absolute Gasteiger partial charge is 0.454 e. The van der Waals surface area contributed by atoms with Crippen molar-refractivity contribution in [2.75, 3.05) is 6.79 Å². The van der Waals surface area contributed by atoms with Crippen LogP contribution in [0.2, 0.25) is 0 Å². The molecule has 0 unspecified atom stereocenters.